The van der Waals surface area contributed by atoms with Gasteiger partial charge in [0.25, 0.3) is 0 Å². The van der Waals surface area contributed by atoms with Crippen LogP contribution >= 0.6 is 0 Å². The minimum atomic E-state index is -0.930. The summed E-state index contributed by atoms with van der Waals surface area (Å²) in [6.45, 7) is 5.04. The molecule has 1 aliphatic heterocycles. The number of nitrogens with one attached hydrogen (secondary N) is 1. The van der Waals surface area contributed by atoms with Gasteiger partial charge in [0.2, 0.25) is 0 Å². The summed E-state index contributed by atoms with van der Waals surface area (Å²) in [7, 11) is 0. The summed E-state index contributed by atoms with van der Waals surface area (Å²) in [5, 5.41) is 15.8. The van der Waals surface area contributed by atoms with Crippen LogP contribution in [0.15, 0.2) is 4.52 Å². The Hall–Kier alpha value is -1.63. The number of anilines is 1. The second-order valence-corrected chi connectivity index (χ2v) is 5.05. The minimum absolute atomic E-state index is 0.0732. The number of carboxylic acids is 1. The summed E-state index contributed by atoms with van der Waals surface area (Å²) in [5.41, 5.74) is 0. The van der Waals surface area contributed by atoms with Gasteiger partial charge in [0.05, 0.1) is 0 Å². The van der Waals surface area contributed by atoms with Crippen LogP contribution in [0.1, 0.15) is 38.4 Å². The number of carbonyl (C=O) groups is 1. The standard InChI is InChI=1S/C12H19N3O4/c1-7(2)9(11(16)17)13-12-14-10(15-19-12)8-3-5-18-6-4-8/h7-9H,3-6H2,1-2H3,(H,16,17)(H,13,14,15)/t9-/m1/s1. The third-order valence-corrected chi connectivity index (χ3v) is 3.24. The van der Waals surface area contributed by atoms with E-state index in [1.54, 1.807) is 0 Å². The molecule has 0 radical (unpaired) electrons. The average molecular weight is 269 g/mol. The van der Waals surface area contributed by atoms with Crippen molar-refractivity contribution >= 4 is 12.0 Å². The highest BCUT2D eigenvalue weighted by atomic mass is 16.5. The molecule has 7 nitrogen and oxygen atoms in total. The zero-order valence-corrected chi connectivity index (χ0v) is 11.1. The fourth-order valence-electron chi connectivity index (χ4n) is 2.06. The Bertz CT molecular complexity index is 426. The highest BCUT2D eigenvalue weighted by molar-refractivity contribution is 5.76. The second-order valence-electron chi connectivity index (χ2n) is 5.05. The van der Waals surface area contributed by atoms with Gasteiger partial charge in [-0.25, -0.2) is 4.79 Å². The van der Waals surface area contributed by atoms with E-state index in [1.165, 1.54) is 0 Å². The molecule has 106 valence electrons. The molecule has 0 unspecified atom stereocenters. The van der Waals surface area contributed by atoms with Crippen molar-refractivity contribution in [2.45, 2.75) is 38.6 Å². The lowest BCUT2D eigenvalue weighted by Gasteiger charge is -2.18. The fourth-order valence-corrected chi connectivity index (χ4v) is 2.06. The number of aromatic nitrogens is 2. The quantitative estimate of drug-likeness (QED) is 0.835. The highest BCUT2D eigenvalue weighted by Gasteiger charge is 2.25. The van der Waals surface area contributed by atoms with E-state index in [1.807, 2.05) is 13.8 Å². The number of hydrogen-bond acceptors (Lipinski definition) is 6. The maximum atomic E-state index is 11.1. The molecule has 0 spiro atoms. The normalized spacial score (nSPS) is 18.5. The van der Waals surface area contributed by atoms with Gasteiger partial charge >= 0.3 is 12.0 Å². The predicted molar refractivity (Wildman–Crippen MR) is 67.0 cm³/mol. The van der Waals surface area contributed by atoms with Gasteiger partial charge in [-0.2, -0.15) is 4.98 Å². The molecule has 1 aliphatic rings. The van der Waals surface area contributed by atoms with Gasteiger partial charge < -0.3 is 19.7 Å². The van der Waals surface area contributed by atoms with Gasteiger partial charge in [0.15, 0.2) is 5.82 Å². The summed E-state index contributed by atoms with van der Waals surface area (Å²) in [6.07, 6.45) is 1.73. The van der Waals surface area contributed by atoms with E-state index in [0.717, 1.165) is 12.8 Å². The third kappa shape index (κ3) is 3.44. The Kier molecular flexibility index (Phi) is 4.36. The van der Waals surface area contributed by atoms with Crippen LogP contribution in [0.3, 0.4) is 0 Å². The van der Waals surface area contributed by atoms with Gasteiger partial charge in [0.1, 0.15) is 6.04 Å². The number of rotatable bonds is 5. The van der Waals surface area contributed by atoms with E-state index >= 15 is 0 Å². The first-order valence-corrected chi connectivity index (χ1v) is 6.48. The molecule has 0 amide bonds. The lowest BCUT2D eigenvalue weighted by atomic mass is 10.00. The van der Waals surface area contributed by atoms with Crippen molar-refractivity contribution in [1.29, 1.82) is 0 Å². The number of ether oxygens (including phenoxy) is 1. The molecule has 1 aromatic heterocycles. The van der Waals surface area contributed by atoms with Crippen molar-refractivity contribution in [1.82, 2.24) is 10.1 Å². The fraction of sp³-hybridized carbons (Fsp3) is 0.750. The summed E-state index contributed by atoms with van der Waals surface area (Å²) >= 11 is 0. The van der Waals surface area contributed by atoms with Crippen molar-refractivity contribution < 1.29 is 19.2 Å². The van der Waals surface area contributed by atoms with E-state index in [-0.39, 0.29) is 17.9 Å². The molecule has 0 saturated carbocycles. The zero-order chi connectivity index (χ0) is 13.8. The highest BCUT2D eigenvalue weighted by Crippen LogP contribution is 2.25. The summed E-state index contributed by atoms with van der Waals surface area (Å²) in [6, 6.07) is -0.564. The number of hydrogen-bond donors (Lipinski definition) is 2. The van der Waals surface area contributed by atoms with Gasteiger partial charge in [-0.15, -0.1) is 0 Å². The molecule has 0 bridgehead atoms. The summed E-state index contributed by atoms with van der Waals surface area (Å²) in [4.78, 5) is 15.3. The number of nitrogens with zero attached hydrogens (tertiary/aromatic N) is 2. The van der Waals surface area contributed by atoms with E-state index in [4.69, 9.17) is 14.4 Å². The molecule has 1 atom stereocenters. The van der Waals surface area contributed by atoms with Gasteiger partial charge in [0, 0.05) is 19.1 Å². The molecule has 2 heterocycles. The van der Waals surface area contributed by atoms with Crippen LogP contribution in [0.2, 0.25) is 0 Å². The summed E-state index contributed by atoms with van der Waals surface area (Å²) < 4.78 is 10.3. The predicted octanol–water partition coefficient (Wildman–Crippen LogP) is 1.48. The molecule has 1 aromatic rings. The maximum absolute atomic E-state index is 11.1. The Balaban J connectivity index is 2.01. The lowest BCUT2D eigenvalue weighted by Crippen LogP contribution is -2.34. The second kappa shape index (κ2) is 6.01. The van der Waals surface area contributed by atoms with Crippen LogP contribution in [-0.4, -0.2) is 40.5 Å². The monoisotopic (exact) mass is 269 g/mol. The Morgan fingerprint density at radius 2 is 2.11 bits per heavy atom. The zero-order valence-electron chi connectivity index (χ0n) is 11.1. The van der Waals surface area contributed by atoms with Crippen molar-refractivity contribution in [2.75, 3.05) is 18.5 Å². The Morgan fingerprint density at radius 1 is 1.42 bits per heavy atom. The Morgan fingerprint density at radius 3 is 2.68 bits per heavy atom. The minimum Gasteiger partial charge on any atom is -0.480 e. The molecule has 7 heteroatoms. The van der Waals surface area contributed by atoms with Crippen molar-refractivity contribution in [3.8, 4) is 0 Å². The SMILES string of the molecule is CC(C)[C@@H](Nc1nc(C2CCOCC2)no1)C(=O)O. The van der Waals surface area contributed by atoms with Crippen LogP contribution in [-0.2, 0) is 9.53 Å². The molecule has 2 rings (SSSR count). The first kappa shape index (κ1) is 13.8. The van der Waals surface area contributed by atoms with Gasteiger partial charge in [-0.3, -0.25) is 0 Å². The van der Waals surface area contributed by atoms with Crippen LogP contribution in [0.4, 0.5) is 6.01 Å². The van der Waals surface area contributed by atoms with Crippen molar-refractivity contribution in [3.05, 3.63) is 5.82 Å². The molecule has 19 heavy (non-hydrogen) atoms. The van der Waals surface area contributed by atoms with E-state index in [0.29, 0.717) is 19.0 Å². The van der Waals surface area contributed by atoms with Gasteiger partial charge in [-0.1, -0.05) is 19.0 Å². The Labute approximate surface area is 111 Å². The smallest absolute Gasteiger partial charge is 0.326 e. The summed E-state index contributed by atoms with van der Waals surface area (Å²) in [5.74, 6) is -0.147. The van der Waals surface area contributed by atoms with Crippen molar-refractivity contribution in [2.24, 2.45) is 5.92 Å². The average Bonchev–Trinajstić information content (AvgIpc) is 2.85. The topological polar surface area (TPSA) is 97.5 Å². The van der Waals surface area contributed by atoms with Crippen LogP contribution in [0, 0.1) is 5.92 Å². The first-order chi connectivity index (χ1) is 9.08. The molecular weight excluding hydrogens is 250 g/mol. The molecular formula is C12H19N3O4. The molecule has 0 aliphatic carbocycles. The first-order valence-electron chi connectivity index (χ1n) is 6.48. The third-order valence-electron chi connectivity index (χ3n) is 3.24. The lowest BCUT2D eigenvalue weighted by molar-refractivity contribution is -0.138. The molecule has 0 aromatic carbocycles. The van der Waals surface area contributed by atoms with Gasteiger partial charge in [-0.05, 0) is 18.8 Å². The molecule has 1 saturated heterocycles. The van der Waals surface area contributed by atoms with Crippen LogP contribution in [0.25, 0.3) is 0 Å². The maximum Gasteiger partial charge on any atom is 0.326 e. The molecule has 2 N–H and O–H groups in total. The van der Waals surface area contributed by atoms with Crippen LogP contribution < -0.4 is 5.32 Å². The van der Waals surface area contributed by atoms with E-state index in [2.05, 4.69) is 15.5 Å². The van der Waals surface area contributed by atoms with Crippen molar-refractivity contribution in [3.63, 3.8) is 0 Å². The van der Waals surface area contributed by atoms with E-state index in [9.17, 15) is 4.79 Å². The number of carboxylic acid groups (broad SMARTS) is 1. The molecule has 1 fully saturated rings. The van der Waals surface area contributed by atoms with Crippen LogP contribution in [0.5, 0.6) is 0 Å². The van der Waals surface area contributed by atoms with E-state index < -0.39 is 12.0 Å². The number of aliphatic carboxylic acids is 1. The largest absolute Gasteiger partial charge is 0.480 e.